The number of ketones is 2. The van der Waals surface area contributed by atoms with Crippen molar-refractivity contribution in [2.75, 3.05) is 62.4 Å². The van der Waals surface area contributed by atoms with Crippen molar-refractivity contribution in [3.05, 3.63) is 59.7 Å². The highest BCUT2D eigenvalue weighted by Gasteiger charge is 2.11. The Labute approximate surface area is 232 Å². The van der Waals surface area contributed by atoms with Crippen LogP contribution >= 0.6 is 0 Å². The van der Waals surface area contributed by atoms with Gasteiger partial charge in [-0.25, -0.2) is 0 Å². The fraction of sp³-hybridized carbons (Fsp3) is 0.419. The topological polar surface area (TPSA) is 99.5 Å². The van der Waals surface area contributed by atoms with Gasteiger partial charge >= 0.3 is 0 Å². The van der Waals surface area contributed by atoms with Gasteiger partial charge in [-0.15, -0.1) is 0 Å². The molecular weight excluding hydrogens is 496 g/mol. The molecule has 0 aliphatic rings. The molecule has 0 amide bonds. The second-order valence-electron chi connectivity index (χ2n) is 8.71. The van der Waals surface area contributed by atoms with Crippen LogP contribution in [0.1, 0.15) is 45.2 Å². The first kappa shape index (κ1) is 31.6. The molecule has 2 rings (SSSR count). The lowest BCUT2D eigenvalue weighted by molar-refractivity contribution is -0.121. The molecule has 0 radical (unpaired) electrons. The Morgan fingerprint density at radius 2 is 1.08 bits per heavy atom. The van der Waals surface area contributed by atoms with Crippen molar-refractivity contribution in [3.8, 4) is 11.5 Å². The predicted molar refractivity (Wildman–Crippen MR) is 158 cm³/mol. The second-order valence-corrected chi connectivity index (χ2v) is 8.71. The summed E-state index contributed by atoms with van der Waals surface area (Å²) in [5.74, 6) is 0.456. The zero-order chi connectivity index (χ0) is 28.6. The minimum Gasteiger partial charge on any atom is -0.490 e. The van der Waals surface area contributed by atoms with Gasteiger partial charge in [0.1, 0.15) is 24.7 Å². The van der Waals surface area contributed by atoms with E-state index in [-0.39, 0.29) is 44.4 Å². The third-order valence-corrected chi connectivity index (χ3v) is 6.20. The maximum absolute atomic E-state index is 12.5. The molecule has 212 valence electrons. The van der Waals surface area contributed by atoms with E-state index in [1.807, 2.05) is 36.4 Å². The number of carbonyl (C=O) groups is 2. The third kappa shape index (κ3) is 9.89. The molecule has 2 aromatic carbocycles. The van der Waals surface area contributed by atoms with Crippen LogP contribution < -0.4 is 19.3 Å². The van der Waals surface area contributed by atoms with E-state index in [4.69, 9.17) is 9.47 Å². The fourth-order valence-electron chi connectivity index (χ4n) is 4.11. The van der Waals surface area contributed by atoms with E-state index in [0.717, 1.165) is 37.6 Å². The molecule has 0 atom stereocenters. The van der Waals surface area contributed by atoms with E-state index in [0.29, 0.717) is 22.6 Å². The smallest absolute Gasteiger partial charge is 0.163 e. The molecule has 0 aliphatic heterocycles. The molecule has 2 N–H and O–H groups in total. The minimum absolute atomic E-state index is 0.122. The molecule has 0 heterocycles. The van der Waals surface area contributed by atoms with Gasteiger partial charge in [0.2, 0.25) is 0 Å². The van der Waals surface area contributed by atoms with E-state index < -0.39 is 0 Å². The lowest BCUT2D eigenvalue weighted by atomic mass is 10.1. The van der Waals surface area contributed by atoms with Crippen molar-refractivity contribution in [1.29, 1.82) is 0 Å². The van der Waals surface area contributed by atoms with Crippen LogP contribution in [0.15, 0.2) is 48.6 Å². The highest BCUT2D eigenvalue weighted by Crippen LogP contribution is 2.28. The third-order valence-electron chi connectivity index (χ3n) is 6.20. The SMILES string of the molecule is CCN(CC)c1ccc(C=CC(=O)CC(=O)C=Cc2ccc(N(CC)CC)cc2OCCO)c(OCCO)c1. The minimum atomic E-state index is -0.334. The summed E-state index contributed by atoms with van der Waals surface area (Å²) >= 11 is 0. The highest BCUT2D eigenvalue weighted by molar-refractivity contribution is 6.11. The van der Waals surface area contributed by atoms with Gasteiger partial charge < -0.3 is 29.5 Å². The van der Waals surface area contributed by atoms with Crippen LogP contribution in [0.3, 0.4) is 0 Å². The summed E-state index contributed by atoms with van der Waals surface area (Å²) in [5, 5.41) is 18.4. The monoisotopic (exact) mass is 538 g/mol. The molecule has 8 nitrogen and oxygen atoms in total. The van der Waals surface area contributed by atoms with Gasteiger partial charge in [0, 0.05) is 60.8 Å². The maximum atomic E-state index is 12.5. The Morgan fingerprint density at radius 3 is 1.41 bits per heavy atom. The number of carbonyl (C=O) groups excluding carboxylic acids is 2. The summed E-state index contributed by atoms with van der Waals surface area (Å²) in [5.41, 5.74) is 3.36. The molecule has 0 fully saturated rings. The lowest BCUT2D eigenvalue weighted by Crippen LogP contribution is -2.21. The summed E-state index contributed by atoms with van der Waals surface area (Å²) in [7, 11) is 0. The molecule has 2 aromatic rings. The zero-order valence-corrected chi connectivity index (χ0v) is 23.6. The van der Waals surface area contributed by atoms with E-state index in [9.17, 15) is 19.8 Å². The van der Waals surface area contributed by atoms with Gasteiger partial charge in [0.05, 0.1) is 19.6 Å². The van der Waals surface area contributed by atoms with Gasteiger partial charge in [-0.05, 0) is 76.3 Å². The molecule has 0 bridgehead atoms. The van der Waals surface area contributed by atoms with E-state index in [1.54, 1.807) is 12.2 Å². The molecule has 0 spiro atoms. The first-order valence-corrected chi connectivity index (χ1v) is 13.6. The van der Waals surface area contributed by atoms with Gasteiger partial charge in [-0.1, -0.05) is 0 Å². The largest absolute Gasteiger partial charge is 0.490 e. The zero-order valence-electron chi connectivity index (χ0n) is 23.6. The van der Waals surface area contributed by atoms with Crippen LogP contribution in [0.25, 0.3) is 12.2 Å². The Balaban J connectivity index is 2.13. The molecule has 0 unspecified atom stereocenters. The summed E-state index contributed by atoms with van der Waals surface area (Å²) in [4.78, 5) is 29.4. The Kier molecular flexibility index (Phi) is 13.8. The number of nitrogens with zero attached hydrogens (tertiary/aromatic N) is 2. The molecule has 0 saturated heterocycles. The standard InChI is InChI=1S/C31H42N2O6/c1-5-32(6-2)26-13-9-24(30(21-26)38-19-17-34)11-15-28(36)23-29(37)16-12-25-10-14-27(33(7-3)8-4)22-31(25)39-20-18-35/h9-16,21-22,34-35H,5-8,17-20,23H2,1-4H3. The number of rotatable bonds is 18. The van der Waals surface area contributed by atoms with Crippen molar-refractivity contribution >= 4 is 35.1 Å². The number of allylic oxidation sites excluding steroid dienone is 2. The van der Waals surface area contributed by atoms with Gasteiger partial charge in [0.25, 0.3) is 0 Å². The second kappa shape index (κ2) is 17.1. The Morgan fingerprint density at radius 1 is 0.692 bits per heavy atom. The van der Waals surface area contributed by atoms with Crippen LogP contribution in [0.4, 0.5) is 11.4 Å². The molecular formula is C31H42N2O6. The fourth-order valence-corrected chi connectivity index (χ4v) is 4.11. The van der Waals surface area contributed by atoms with Crippen LogP contribution in [0.2, 0.25) is 0 Å². The average molecular weight is 539 g/mol. The van der Waals surface area contributed by atoms with Crippen LogP contribution in [0.5, 0.6) is 11.5 Å². The summed E-state index contributed by atoms with van der Waals surface area (Å²) in [6.07, 6.45) is 5.73. The van der Waals surface area contributed by atoms with Crippen molar-refractivity contribution in [2.24, 2.45) is 0 Å². The van der Waals surface area contributed by atoms with Crippen LogP contribution in [-0.2, 0) is 9.59 Å². The maximum Gasteiger partial charge on any atom is 0.163 e. The normalized spacial score (nSPS) is 11.2. The highest BCUT2D eigenvalue weighted by atomic mass is 16.5. The van der Waals surface area contributed by atoms with E-state index in [1.165, 1.54) is 12.2 Å². The molecule has 0 aromatic heterocycles. The van der Waals surface area contributed by atoms with Gasteiger partial charge in [-0.3, -0.25) is 9.59 Å². The summed E-state index contributed by atoms with van der Waals surface area (Å²) in [6, 6.07) is 11.4. The van der Waals surface area contributed by atoms with Gasteiger partial charge in [-0.2, -0.15) is 0 Å². The van der Waals surface area contributed by atoms with Crippen molar-refractivity contribution in [2.45, 2.75) is 34.1 Å². The lowest BCUT2D eigenvalue weighted by Gasteiger charge is -2.22. The molecule has 8 heteroatoms. The number of hydrogen-bond acceptors (Lipinski definition) is 8. The Hall–Kier alpha value is -3.62. The van der Waals surface area contributed by atoms with Crippen molar-refractivity contribution in [1.82, 2.24) is 0 Å². The predicted octanol–water partition coefficient (Wildman–Crippen LogP) is 4.38. The number of ether oxygens (including phenoxy) is 2. The van der Waals surface area contributed by atoms with Crippen molar-refractivity contribution in [3.63, 3.8) is 0 Å². The molecule has 0 saturated carbocycles. The Bertz CT molecular complexity index is 1030. The quantitative estimate of drug-likeness (QED) is 0.213. The van der Waals surface area contributed by atoms with Gasteiger partial charge in [0.15, 0.2) is 11.6 Å². The van der Waals surface area contributed by atoms with Crippen LogP contribution in [0, 0.1) is 0 Å². The summed E-state index contributed by atoms with van der Waals surface area (Å²) in [6.45, 7) is 11.7. The first-order valence-electron chi connectivity index (χ1n) is 13.6. The molecule has 39 heavy (non-hydrogen) atoms. The first-order chi connectivity index (χ1) is 18.9. The van der Waals surface area contributed by atoms with Crippen molar-refractivity contribution < 1.29 is 29.3 Å². The number of aliphatic hydroxyl groups is 2. The number of hydrogen-bond donors (Lipinski definition) is 2. The van der Waals surface area contributed by atoms with Crippen LogP contribution in [-0.4, -0.2) is 74.4 Å². The average Bonchev–Trinajstić information content (AvgIpc) is 2.95. The van der Waals surface area contributed by atoms with E-state index >= 15 is 0 Å². The number of aliphatic hydroxyl groups excluding tert-OH is 2. The molecule has 0 aliphatic carbocycles. The number of anilines is 2. The summed E-state index contributed by atoms with van der Waals surface area (Å²) < 4.78 is 11.4. The number of benzene rings is 2. The van der Waals surface area contributed by atoms with E-state index in [2.05, 4.69) is 37.5 Å².